The average molecular weight is 429 g/mol. The van der Waals surface area contributed by atoms with Crippen LogP contribution < -0.4 is 13.8 Å². The summed E-state index contributed by atoms with van der Waals surface area (Å²) in [6, 6.07) is 23.1. The second-order valence-electron chi connectivity index (χ2n) is 7.89. The molecule has 0 unspecified atom stereocenters. The molecule has 156 valence electrons. The first-order valence-corrected chi connectivity index (χ1v) is 10.9. The van der Waals surface area contributed by atoms with Gasteiger partial charge < -0.3 is 18.8 Å². The summed E-state index contributed by atoms with van der Waals surface area (Å²) < 4.78 is 11.6. The molecule has 0 aliphatic carbocycles. The Hall–Kier alpha value is -3.31. The second kappa shape index (κ2) is 7.75. The van der Waals surface area contributed by atoms with Gasteiger partial charge in [-0.2, -0.15) is 0 Å². The summed E-state index contributed by atoms with van der Waals surface area (Å²) in [5, 5.41) is 4.78. The van der Waals surface area contributed by atoms with Gasteiger partial charge in [-0.05, 0) is 42.8 Å². The highest BCUT2D eigenvalue weighted by Gasteiger charge is 2.12. The highest BCUT2D eigenvalue weighted by Crippen LogP contribution is 2.37. The van der Waals surface area contributed by atoms with E-state index in [-0.39, 0.29) is 0 Å². The summed E-state index contributed by atoms with van der Waals surface area (Å²) in [6.45, 7) is 2.09. The van der Waals surface area contributed by atoms with Crippen LogP contribution in [0.4, 0.5) is 5.69 Å². The lowest BCUT2D eigenvalue weighted by Crippen LogP contribution is -2.08. The lowest BCUT2D eigenvalue weighted by molar-refractivity contribution is 0.415. The van der Waals surface area contributed by atoms with Crippen molar-refractivity contribution >= 4 is 50.3 Å². The second-order valence-corrected chi connectivity index (χ2v) is 8.66. The predicted molar refractivity (Wildman–Crippen MR) is 132 cm³/mol. The number of benzene rings is 4. The maximum atomic E-state index is 6.24. The van der Waals surface area contributed by atoms with Gasteiger partial charge in [0.25, 0.3) is 0 Å². The Labute approximate surface area is 186 Å². The summed E-state index contributed by atoms with van der Waals surface area (Å²) in [5.74, 6) is 1.70. The zero-order valence-electron chi connectivity index (χ0n) is 18.0. The van der Waals surface area contributed by atoms with Gasteiger partial charge in [0.2, 0.25) is 0 Å². The van der Waals surface area contributed by atoms with E-state index in [9.17, 15) is 0 Å². The minimum absolute atomic E-state index is 0.843. The van der Waals surface area contributed by atoms with Gasteiger partial charge >= 0.3 is 0 Å². The van der Waals surface area contributed by atoms with Crippen LogP contribution in [0, 0.1) is 6.92 Å². The first kappa shape index (κ1) is 19.6. The van der Waals surface area contributed by atoms with Gasteiger partial charge in [0.1, 0.15) is 11.5 Å². The quantitative estimate of drug-likeness (QED) is 0.308. The molecule has 0 saturated heterocycles. The van der Waals surface area contributed by atoms with Crippen LogP contribution >= 0.6 is 12.0 Å². The van der Waals surface area contributed by atoms with Crippen LogP contribution in [-0.2, 0) is 0 Å². The molecule has 0 aliphatic heterocycles. The Morgan fingerprint density at radius 1 is 0.806 bits per heavy atom. The van der Waals surface area contributed by atoms with Gasteiger partial charge in [0.15, 0.2) is 0 Å². The Kier molecular flexibility index (Phi) is 4.91. The molecular weight excluding hydrogens is 404 g/mol. The number of nitrogens with one attached hydrogen (secondary N) is 1. The van der Waals surface area contributed by atoms with Gasteiger partial charge in [-0.3, -0.25) is 0 Å². The average Bonchev–Trinajstić information content (AvgIpc) is 3.13. The lowest BCUT2D eigenvalue weighted by atomic mass is 10.1. The van der Waals surface area contributed by atoms with E-state index < -0.39 is 0 Å². The van der Waals surface area contributed by atoms with E-state index >= 15 is 0 Å². The van der Waals surface area contributed by atoms with Gasteiger partial charge in [0, 0.05) is 53.5 Å². The molecule has 0 bridgehead atoms. The molecule has 0 aliphatic rings. The summed E-state index contributed by atoms with van der Waals surface area (Å²) in [4.78, 5) is 6.73. The van der Waals surface area contributed by atoms with Crippen LogP contribution in [0.25, 0.3) is 32.6 Å². The number of H-pyrrole nitrogens is 1. The predicted octanol–water partition coefficient (Wildman–Crippen LogP) is 6.94. The minimum atomic E-state index is 0.843. The summed E-state index contributed by atoms with van der Waals surface area (Å²) >= 11 is 1.41. The number of rotatable bonds is 5. The summed E-state index contributed by atoms with van der Waals surface area (Å²) in [7, 11) is 5.82. The Balaban J connectivity index is 1.50. The van der Waals surface area contributed by atoms with Crippen molar-refractivity contribution in [3.8, 4) is 11.5 Å². The first-order valence-electron chi connectivity index (χ1n) is 10.2. The number of hydrogen-bond donors (Lipinski definition) is 1. The number of aromatic nitrogens is 1. The van der Waals surface area contributed by atoms with Crippen LogP contribution in [0.5, 0.6) is 11.5 Å². The molecule has 5 heteroatoms. The van der Waals surface area contributed by atoms with E-state index in [0.717, 1.165) is 33.0 Å². The third-order valence-electron chi connectivity index (χ3n) is 5.66. The van der Waals surface area contributed by atoms with Crippen LogP contribution in [0.3, 0.4) is 0 Å². The molecule has 5 rings (SSSR count). The number of aromatic amines is 1. The van der Waals surface area contributed by atoms with Crippen LogP contribution in [0.15, 0.2) is 71.6 Å². The minimum Gasteiger partial charge on any atom is -0.497 e. The van der Waals surface area contributed by atoms with Crippen LogP contribution in [-0.4, -0.2) is 26.2 Å². The van der Waals surface area contributed by atoms with Gasteiger partial charge in [-0.15, -0.1) is 0 Å². The zero-order chi connectivity index (χ0) is 21.5. The molecule has 4 nitrogen and oxygen atoms in total. The molecule has 0 spiro atoms. The molecule has 5 aromatic rings. The van der Waals surface area contributed by atoms with Crippen molar-refractivity contribution in [1.82, 2.24) is 4.98 Å². The smallest absolute Gasteiger partial charge is 0.142 e. The van der Waals surface area contributed by atoms with E-state index in [1.807, 2.05) is 12.1 Å². The maximum absolute atomic E-state index is 6.24. The van der Waals surface area contributed by atoms with Crippen molar-refractivity contribution in [3.63, 3.8) is 0 Å². The molecule has 1 N–H and O–H groups in total. The third-order valence-corrected chi connectivity index (χ3v) is 6.46. The molecule has 4 aromatic carbocycles. The Morgan fingerprint density at radius 3 is 2.39 bits per heavy atom. The standard InChI is InChI=1S/C26H24N2O2S/c1-16-13-21-18-12-11-17(29-4)14-22(18)27-23(21)15-25(16)30-31-26-10-6-7-19-20(26)8-5-9-24(19)28(2)3/h5-15,27H,1-4H3. The van der Waals surface area contributed by atoms with Gasteiger partial charge in [0.05, 0.1) is 35.1 Å². The molecule has 0 radical (unpaired) electrons. The number of anilines is 1. The number of nitrogens with zero attached hydrogens (tertiary/aromatic N) is 1. The number of fused-ring (bicyclic) bond motifs is 4. The fourth-order valence-electron chi connectivity index (χ4n) is 4.05. The van der Waals surface area contributed by atoms with Gasteiger partial charge in [-0.1, -0.05) is 24.3 Å². The molecule has 31 heavy (non-hydrogen) atoms. The number of aryl methyl sites for hydroxylation is 1. The highest BCUT2D eigenvalue weighted by atomic mass is 32.2. The fourth-order valence-corrected chi connectivity index (χ4v) is 4.82. The number of ether oxygens (including phenoxy) is 1. The molecule has 0 atom stereocenters. The van der Waals surface area contributed by atoms with Crippen molar-refractivity contribution < 1.29 is 8.92 Å². The van der Waals surface area contributed by atoms with E-state index in [1.54, 1.807) is 7.11 Å². The molecular formula is C26H24N2O2S. The SMILES string of the molecule is COc1ccc2c(c1)[nH]c1cc(OSc3cccc4c(N(C)C)cccc34)c(C)cc12. The maximum Gasteiger partial charge on any atom is 0.142 e. The summed E-state index contributed by atoms with van der Waals surface area (Å²) in [6.07, 6.45) is 0. The van der Waals surface area contributed by atoms with Crippen molar-refractivity contribution in [2.75, 3.05) is 26.1 Å². The zero-order valence-corrected chi connectivity index (χ0v) is 18.8. The highest BCUT2D eigenvalue weighted by molar-refractivity contribution is 7.95. The lowest BCUT2D eigenvalue weighted by Gasteiger charge is -2.16. The molecule has 0 amide bonds. The summed E-state index contributed by atoms with van der Waals surface area (Å²) in [5.41, 5.74) is 4.41. The Morgan fingerprint density at radius 2 is 1.58 bits per heavy atom. The number of methoxy groups -OCH3 is 1. The van der Waals surface area contributed by atoms with Crippen molar-refractivity contribution in [2.24, 2.45) is 0 Å². The third kappa shape index (κ3) is 3.45. The number of hydrogen-bond acceptors (Lipinski definition) is 4. The van der Waals surface area contributed by atoms with Crippen molar-refractivity contribution in [1.29, 1.82) is 0 Å². The molecule has 1 aromatic heterocycles. The van der Waals surface area contributed by atoms with E-state index in [0.29, 0.717) is 0 Å². The largest absolute Gasteiger partial charge is 0.497 e. The van der Waals surface area contributed by atoms with Crippen LogP contribution in [0.2, 0.25) is 0 Å². The first-order chi connectivity index (χ1) is 15.0. The van der Waals surface area contributed by atoms with E-state index in [2.05, 4.69) is 85.5 Å². The van der Waals surface area contributed by atoms with Crippen LogP contribution in [0.1, 0.15) is 5.56 Å². The topological polar surface area (TPSA) is 37.5 Å². The molecule has 1 heterocycles. The van der Waals surface area contributed by atoms with E-state index in [1.165, 1.54) is 39.3 Å². The molecule has 0 fully saturated rings. The van der Waals surface area contributed by atoms with Gasteiger partial charge in [-0.25, -0.2) is 0 Å². The fraction of sp³-hybridized carbons (Fsp3) is 0.154. The molecule has 0 saturated carbocycles. The Bertz CT molecular complexity index is 1420. The van der Waals surface area contributed by atoms with Crippen molar-refractivity contribution in [2.45, 2.75) is 11.8 Å². The van der Waals surface area contributed by atoms with Crippen molar-refractivity contribution in [3.05, 3.63) is 72.3 Å². The van der Waals surface area contributed by atoms with E-state index in [4.69, 9.17) is 8.92 Å². The monoisotopic (exact) mass is 428 g/mol. The normalized spacial score (nSPS) is 11.4.